The Morgan fingerprint density at radius 1 is 1.00 bits per heavy atom. The molecule has 0 radical (unpaired) electrons. The van der Waals surface area contributed by atoms with Gasteiger partial charge in [-0.3, -0.25) is 4.98 Å². The number of aromatic hydroxyl groups is 1. The van der Waals surface area contributed by atoms with Gasteiger partial charge in [-0.05, 0) is 17.5 Å². The van der Waals surface area contributed by atoms with Crippen LogP contribution in [0.3, 0.4) is 0 Å². The normalized spacial score (nSPS) is 11.2. The first-order chi connectivity index (χ1) is 9.83. The van der Waals surface area contributed by atoms with Gasteiger partial charge in [-0.25, -0.2) is 4.98 Å². The van der Waals surface area contributed by atoms with E-state index < -0.39 is 0 Å². The number of hydrogen-bond donors (Lipinski definition) is 1. The van der Waals surface area contributed by atoms with Gasteiger partial charge in [0.1, 0.15) is 10.8 Å². The van der Waals surface area contributed by atoms with Gasteiger partial charge < -0.3 is 5.11 Å². The molecule has 0 aliphatic carbocycles. The number of aromatic nitrogens is 2. The number of hydrogen-bond acceptors (Lipinski definition) is 4. The number of rotatable bonds is 1. The summed E-state index contributed by atoms with van der Waals surface area (Å²) < 4.78 is 1.15. The maximum atomic E-state index is 9.91. The zero-order valence-corrected chi connectivity index (χ0v) is 11.3. The molecule has 2 aromatic carbocycles. The highest BCUT2D eigenvalue weighted by Gasteiger charge is 2.11. The Labute approximate surface area is 119 Å². The van der Waals surface area contributed by atoms with Gasteiger partial charge in [-0.15, -0.1) is 11.3 Å². The zero-order valence-electron chi connectivity index (χ0n) is 10.4. The predicted octanol–water partition coefficient (Wildman–Crippen LogP) is 4.22. The summed E-state index contributed by atoms with van der Waals surface area (Å²) >= 11 is 1.60. The third-order valence-electron chi connectivity index (χ3n) is 3.31. The van der Waals surface area contributed by atoms with Crippen molar-refractivity contribution in [1.82, 2.24) is 9.97 Å². The fourth-order valence-electron chi connectivity index (χ4n) is 2.34. The molecule has 0 aliphatic rings. The van der Waals surface area contributed by atoms with Gasteiger partial charge in [-0.1, -0.05) is 30.3 Å². The maximum Gasteiger partial charge on any atom is 0.144 e. The number of fused-ring (bicyclic) bond motifs is 3. The first-order valence-corrected chi connectivity index (χ1v) is 7.06. The largest absolute Gasteiger partial charge is 0.506 e. The van der Waals surface area contributed by atoms with Crippen LogP contribution in [0.15, 0.2) is 54.9 Å². The van der Waals surface area contributed by atoms with Crippen LogP contribution in [0.4, 0.5) is 0 Å². The molecule has 3 nitrogen and oxygen atoms in total. The van der Waals surface area contributed by atoms with E-state index in [0.29, 0.717) is 0 Å². The van der Waals surface area contributed by atoms with E-state index in [2.05, 4.69) is 28.2 Å². The highest BCUT2D eigenvalue weighted by atomic mass is 32.1. The van der Waals surface area contributed by atoms with Crippen molar-refractivity contribution in [3.05, 3.63) is 54.9 Å². The van der Waals surface area contributed by atoms with Crippen molar-refractivity contribution >= 4 is 32.3 Å². The summed E-state index contributed by atoms with van der Waals surface area (Å²) in [6.07, 6.45) is 3.11. The summed E-state index contributed by atoms with van der Waals surface area (Å²) in [5.41, 5.74) is 1.69. The fourth-order valence-corrected chi connectivity index (χ4v) is 3.47. The second kappa shape index (κ2) is 4.28. The van der Waals surface area contributed by atoms with Gasteiger partial charge in [0.25, 0.3) is 0 Å². The van der Waals surface area contributed by atoms with E-state index >= 15 is 0 Å². The molecular weight excluding hydrogens is 268 g/mol. The molecular formula is C16H10N2OS. The zero-order chi connectivity index (χ0) is 13.5. The SMILES string of the molecule is Oc1cnccc1-c1nc2ccc3ccccc3c2s1. The molecule has 4 rings (SSSR count). The Morgan fingerprint density at radius 2 is 1.90 bits per heavy atom. The smallest absolute Gasteiger partial charge is 0.144 e. The quantitative estimate of drug-likeness (QED) is 0.567. The lowest BCUT2D eigenvalue weighted by Crippen LogP contribution is -1.78. The second-order valence-corrected chi connectivity index (χ2v) is 5.55. The number of benzene rings is 2. The van der Waals surface area contributed by atoms with Gasteiger partial charge in [0.15, 0.2) is 0 Å². The van der Waals surface area contributed by atoms with Gasteiger partial charge in [0.05, 0.1) is 22.0 Å². The van der Waals surface area contributed by atoms with E-state index in [4.69, 9.17) is 0 Å². The van der Waals surface area contributed by atoms with Crippen LogP contribution in [-0.2, 0) is 0 Å². The molecule has 0 saturated carbocycles. The highest BCUT2D eigenvalue weighted by molar-refractivity contribution is 7.22. The van der Waals surface area contributed by atoms with Gasteiger partial charge in [0.2, 0.25) is 0 Å². The summed E-state index contributed by atoms with van der Waals surface area (Å²) in [7, 11) is 0. The topological polar surface area (TPSA) is 46.0 Å². The number of thiazole rings is 1. The minimum atomic E-state index is 0.163. The Kier molecular flexibility index (Phi) is 2.44. The molecule has 0 amide bonds. The van der Waals surface area contributed by atoms with Gasteiger partial charge in [0, 0.05) is 11.6 Å². The Hall–Kier alpha value is -2.46. The van der Waals surface area contributed by atoms with Crippen LogP contribution in [0.5, 0.6) is 5.75 Å². The van der Waals surface area contributed by atoms with Crippen molar-refractivity contribution < 1.29 is 5.11 Å². The van der Waals surface area contributed by atoms with Crippen molar-refractivity contribution in [2.45, 2.75) is 0 Å². The minimum absolute atomic E-state index is 0.163. The first kappa shape index (κ1) is 11.4. The van der Waals surface area contributed by atoms with Crippen molar-refractivity contribution in [3.8, 4) is 16.3 Å². The Morgan fingerprint density at radius 3 is 2.80 bits per heavy atom. The summed E-state index contributed by atoms with van der Waals surface area (Å²) in [5.74, 6) is 0.163. The lowest BCUT2D eigenvalue weighted by Gasteiger charge is -1.97. The average Bonchev–Trinajstić information content (AvgIpc) is 2.92. The molecule has 0 aliphatic heterocycles. The third kappa shape index (κ3) is 1.66. The van der Waals surface area contributed by atoms with E-state index in [9.17, 15) is 5.11 Å². The average molecular weight is 278 g/mol. The highest BCUT2D eigenvalue weighted by Crippen LogP contribution is 2.37. The maximum absolute atomic E-state index is 9.91. The van der Waals surface area contributed by atoms with E-state index in [1.807, 2.05) is 18.2 Å². The number of nitrogens with zero attached hydrogens (tertiary/aromatic N) is 2. The van der Waals surface area contributed by atoms with Gasteiger partial charge >= 0.3 is 0 Å². The Bertz CT molecular complexity index is 930. The lowest BCUT2D eigenvalue weighted by atomic mass is 10.1. The van der Waals surface area contributed by atoms with E-state index in [1.54, 1.807) is 23.6 Å². The van der Waals surface area contributed by atoms with Gasteiger partial charge in [-0.2, -0.15) is 0 Å². The van der Waals surface area contributed by atoms with Crippen molar-refractivity contribution in [2.75, 3.05) is 0 Å². The second-order valence-electron chi connectivity index (χ2n) is 4.55. The molecule has 1 N–H and O–H groups in total. The minimum Gasteiger partial charge on any atom is -0.506 e. The van der Waals surface area contributed by atoms with E-state index in [0.717, 1.165) is 20.8 Å². The van der Waals surface area contributed by atoms with Crippen LogP contribution >= 0.6 is 11.3 Å². The standard InChI is InChI=1S/C16H10N2OS/c19-14-9-17-8-7-12(14)16-18-13-6-5-10-3-1-2-4-11(10)15(13)20-16/h1-9,19H. The molecule has 96 valence electrons. The lowest BCUT2D eigenvalue weighted by molar-refractivity contribution is 0.474. The van der Waals surface area contributed by atoms with Crippen LogP contribution in [0.1, 0.15) is 0 Å². The predicted molar refractivity (Wildman–Crippen MR) is 82.0 cm³/mol. The Balaban J connectivity index is 2.04. The van der Waals surface area contributed by atoms with Crippen LogP contribution in [0.25, 0.3) is 31.6 Å². The molecule has 4 heteroatoms. The molecule has 0 unspecified atom stereocenters. The summed E-state index contributed by atoms with van der Waals surface area (Å²) in [4.78, 5) is 8.53. The van der Waals surface area contributed by atoms with Crippen LogP contribution < -0.4 is 0 Å². The van der Waals surface area contributed by atoms with Crippen molar-refractivity contribution in [1.29, 1.82) is 0 Å². The molecule has 2 heterocycles. The molecule has 0 fully saturated rings. The molecule has 0 bridgehead atoms. The van der Waals surface area contributed by atoms with E-state index in [-0.39, 0.29) is 5.75 Å². The first-order valence-electron chi connectivity index (χ1n) is 6.24. The van der Waals surface area contributed by atoms with Crippen LogP contribution in [0.2, 0.25) is 0 Å². The van der Waals surface area contributed by atoms with Crippen LogP contribution in [-0.4, -0.2) is 15.1 Å². The summed E-state index contributed by atoms with van der Waals surface area (Å²) in [6, 6.07) is 14.2. The van der Waals surface area contributed by atoms with Crippen LogP contribution in [0, 0.1) is 0 Å². The third-order valence-corrected chi connectivity index (χ3v) is 4.45. The van der Waals surface area contributed by atoms with Crippen molar-refractivity contribution in [3.63, 3.8) is 0 Å². The van der Waals surface area contributed by atoms with E-state index in [1.165, 1.54) is 17.0 Å². The molecule has 0 atom stereocenters. The summed E-state index contributed by atoms with van der Waals surface area (Å²) in [5, 5.41) is 13.1. The molecule has 0 saturated heterocycles. The molecule has 2 aromatic heterocycles. The molecule has 20 heavy (non-hydrogen) atoms. The number of pyridine rings is 1. The monoisotopic (exact) mass is 278 g/mol. The fraction of sp³-hybridized carbons (Fsp3) is 0. The summed E-state index contributed by atoms with van der Waals surface area (Å²) in [6.45, 7) is 0. The molecule has 0 spiro atoms. The van der Waals surface area contributed by atoms with Crippen molar-refractivity contribution in [2.24, 2.45) is 0 Å². The molecule has 4 aromatic rings.